The van der Waals surface area contributed by atoms with Crippen molar-refractivity contribution in [2.24, 2.45) is 0 Å². The van der Waals surface area contributed by atoms with Crippen molar-refractivity contribution in [2.45, 2.75) is 18.8 Å². The van der Waals surface area contributed by atoms with Crippen LogP contribution in [0.5, 0.6) is 5.75 Å². The average Bonchev–Trinajstić information content (AvgIpc) is 3.23. The van der Waals surface area contributed by atoms with Crippen molar-refractivity contribution in [1.82, 2.24) is 15.0 Å². The Hall–Kier alpha value is -2.93. The monoisotopic (exact) mass is 415 g/mol. The van der Waals surface area contributed by atoms with Gasteiger partial charge in [0.25, 0.3) is 5.91 Å². The maximum atomic E-state index is 14.1. The quantitative estimate of drug-likeness (QED) is 0.625. The molecule has 29 heavy (non-hydrogen) atoms. The topological polar surface area (TPSA) is 68.5 Å². The first kappa shape index (κ1) is 19.4. The van der Waals surface area contributed by atoms with Crippen molar-refractivity contribution < 1.29 is 18.4 Å². The van der Waals surface area contributed by atoms with Gasteiger partial charge in [0, 0.05) is 29.6 Å². The molecule has 1 aliphatic rings. The molecule has 2 aromatic carbocycles. The number of likely N-dealkylation sites (tertiary alicyclic amines) is 1. The Morgan fingerprint density at radius 1 is 1.24 bits per heavy atom. The zero-order chi connectivity index (χ0) is 20.4. The van der Waals surface area contributed by atoms with Crippen LogP contribution in [0, 0.1) is 5.82 Å². The van der Waals surface area contributed by atoms with Crippen LogP contribution in [0.25, 0.3) is 11.4 Å². The van der Waals surface area contributed by atoms with Gasteiger partial charge in [0.2, 0.25) is 11.7 Å². The number of nitrogens with zero attached hydrogens (tertiary/aromatic N) is 3. The van der Waals surface area contributed by atoms with Crippen LogP contribution in [0.4, 0.5) is 4.39 Å². The summed E-state index contributed by atoms with van der Waals surface area (Å²) in [4.78, 5) is 18.9. The number of piperidine rings is 1. The third-order valence-corrected chi connectivity index (χ3v) is 5.30. The summed E-state index contributed by atoms with van der Waals surface area (Å²) in [5.74, 6) is 0.812. The molecule has 1 saturated heterocycles. The van der Waals surface area contributed by atoms with Gasteiger partial charge in [-0.05, 0) is 49.2 Å². The fourth-order valence-electron chi connectivity index (χ4n) is 3.45. The van der Waals surface area contributed by atoms with E-state index < -0.39 is 5.82 Å². The highest BCUT2D eigenvalue weighted by atomic mass is 35.5. The summed E-state index contributed by atoms with van der Waals surface area (Å²) in [6.45, 7) is 1.15. The Bertz CT molecular complexity index is 1030. The fourth-order valence-corrected chi connectivity index (χ4v) is 3.61. The lowest BCUT2D eigenvalue weighted by Crippen LogP contribution is -2.38. The largest absolute Gasteiger partial charge is 0.497 e. The van der Waals surface area contributed by atoms with Crippen LogP contribution in [-0.4, -0.2) is 41.1 Å². The zero-order valence-corrected chi connectivity index (χ0v) is 16.5. The van der Waals surface area contributed by atoms with Gasteiger partial charge in [-0.2, -0.15) is 4.98 Å². The predicted molar refractivity (Wildman–Crippen MR) is 106 cm³/mol. The van der Waals surface area contributed by atoms with E-state index in [1.54, 1.807) is 42.3 Å². The molecule has 0 bridgehead atoms. The molecule has 2 heterocycles. The molecule has 8 heteroatoms. The van der Waals surface area contributed by atoms with Crippen molar-refractivity contribution in [1.29, 1.82) is 0 Å². The number of ether oxygens (including phenoxy) is 1. The van der Waals surface area contributed by atoms with Crippen molar-refractivity contribution in [3.63, 3.8) is 0 Å². The molecule has 1 aliphatic heterocycles. The van der Waals surface area contributed by atoms with Gasteiger partial charge in [0.05, 0.1) is 12.7 Å². The van der Waals surface area contributed by atoms with E-state index in [1.807, 2.05) is 0 Å². The van der Waals surface area contributed by atoms with Gasteiger partial charge in [0.15, 0.2) is 0 Å². The van der Waals surface area contributed by atoms with E-state index in [9.17, 15) is 9.18 Å². The maximum absolute atomic E-state index is 14.1. The first-order valence-electron chi connectivity index (χ1n) is 9.27. The molecule has 1 aromatic heterocycles. The summed E-state index contributed by atoms with van der Waals surface area (Å²) in [7, 11) is 1.57. The number of carbonyl (C=O) groups is 1. The third-order valence-electron chi connectivity index (χ3n) is 5.06. The van der Waals surface area contributed by atoms with Crippen LogP contribution >= 0.6 is 11.6 Å². The van der Waals surface area contributed by atoms with Crippen molar-refractivity contribution in [2.75, 3.05) is 20.2 Å². The molecule has 3 aromatic rings. The standard InChI is InChI=1S/C21H19ClFN3O3/c1-28-16-4-2-3-14(11-16)21(27)26-9-7-13(8-10-26)20-24-19(25-29-20)17-6-5-15(22)12-18(17)23/h2-6,11-13H,7-10H2,1H3. The van der Waals surface area contributed by atoms with E-state index in [0.717, 1.165) is 0 Å². The van der Waals surface area contributed by atoms with Crippen LogP contribution in [-0.2, 0) is 0 Å². The van der Waals surface area contributed by atoms with Crippen molar-refractivity contribution >= 4 is 17.5 Å². The highest BCUT2D eigenvalue weighted by molar-refractivity contribution is 6.30. The smallest absolute Gasteiger partial charge is 0.253 e. The Labute approximate surface area is 172 Å². The predicted octanol–water partition coefficient (Wildman–Crippen LogP) is 4.56. The lowest BCUT2D eigenvalue weighted by atomic mass is 9.96. The summed E-state index contributed by atoms with van der Waals surface area (Å²) in [5.41, 5.74) is 0.844. The van der Waals surface area contributed by atoms with E-state index >= 15 is 0 Å². The molecule has 0 unspecified atom stereocenters. The number of halogens is 2. The minimum atomic E-state index is -0.497. The van der Waals surface area contributed by atoms with E-state index in [1.165, 1.54) is 12.1 Å². The third kappa shape index (κ3) is 4.10. The van der Waals surface area contributed by atoms with Gasteiger partial charge < -0.3 is 14.2 Å². The summed E-state index contributed by atoms with van der Waals surface area (Å²) in [5, 5.41) is 4.22. The molecule has 0 saturated carbocycles. The lowest BCUT2D eigenvalue weighted by Gasteiger charge is -2.30. The average molecular weight is 416 g/mol. The molecule has 0 spiro atoms. The normalized spacial score (nSPS) is 14.8. The summed E-state index contributed by atoms with van der Waals surface area (Å²) < 4.78 is 24.6. The molecule has 150 valence electrons. The second-order valence-electron chi connectivity index (χ2n) is 6.88. The van der Waals surface area contributed by atoms with E-state index in [4.69, 9.17) is 20.9 Å². The Kier molecular flexibility index (Phi) is 5.49. The number of methoxy groups -OCH3 is 1. The molecular formula is C21H19ClFN3O3. The molecule has 1 fully saturated rings. The summed E-state index contributed by atoms with van der Waals surface area (Å²) in [6, 6.07) is 11.5. The van der Waals surface area contributed by atoms with Gasteiger partial charge >= 0.3 is 0 Å². The van der Waals surface area contributed by atoms with E-state index in [-0.39, 0.29) is 23.2 Å². The SMILES string of the molecule is COc1cccc(C(=O)N2CCC(c3nc(-c4ccc(Cl)cc4F)no3)CC2)c1. The maximum Gasteiger partial charge on any atom is 0.253 e. The minimum absolute atomic E-state index is 0.0287. The number of hydrogen-bond acceptors (Lipinski definition) is 5. The molecule has 1 amide bonds. The molecule has 0 N–H and O–H groups in total. The first-order valence-corrected chi connectivity index (χ1v) is 9.65. The molecule has 0 radical (unpaired) electrons. The molecule has 6 nitrogen and oxygen atoms in total. The van der Waals surface area contributed by atoms with Crippen LogP contribution in [0.3, 0.4) is 0 Å². The van der Waals surface area contributed by atoms with Crippen LogP contribution in [0.15, 0.2) is 47.0 Å². The minimum Gasteiger partial charge on any atom is -0.497 e. The number of carbonyl (C=O) groups excluding carboxylic acids is 1. The van der Waals surface area contributed by atoms with Crippen molar-refractivity contribution in [3.05, 3.63) is 64.8 Å². The van der Waals surface area contributed by atoms with E-state index in [0.29, 0.717) is 48.2 Å². The summed E-state index contributed by atoms with van der Waals surface area (Å²) >= 11 is 5.79. The second kappa shape index (κ2) is 8.21. The lowest BCUT2D eigenvalue weighted by molar-refractivity contribution is 0.0704. The van der Waals surface area contributed by atoms with Gasteiger partial charge in [-0.1, -0.05) is 22.8 Å². The Morgan fingerprint density at radius 3 is 2.76 bits per heavy atom. The number of amides is 1. The molecule has 0 aliphatic carbocycles. The van der Waals surface area contributed by atoms with Gasteiger partial charge in [-0.25, -0.2) is 4.39 Å². The molecule has 0 atom stereocenters. The van der Waals surface area contributed by atoms with E-state index in [2.05, 4.69) is 10.1 Å². The second-order valence-corrected chi connectivity index (χ2v) is 7.32. The van der Waals surface area contributed by atoms with Crippen LogP contribution in [0.1, 0.15) is 35.0 Å². The van der Waals surface area contributed by atoms with Crippen molar-refractivity contribution in [3.8, 4) is 17.1 Å². The molecular weight excluding hydrogens is 397 g/mol. The molecule has 4 rings (SSSR count). The number of benzene rings is 2. The Morgan fingerprint density at radius 2 is 2.03 bits per heavy atom. The van der Waals surface area contributed by atoms with Crippen LogP contribution < -0.4 is 4.74 Å². The zero-order valence-electron chi connectivity index (χ0n) is 15.8. The van der Waals surface area contributed by atoms with Crippen LogP contribution in [0.2, 0.25) is 5.02 Å². The highest BCUT2D eigenvalue weighted by Crippen LogP contribution is 2.30. The number of rotatable bonds is 4. The highest BCUT2D eigenvalue weighted by Gasteiger charge is 2.28. The first-order chi connectivity index (χ1) is 14.0. The Balaban J connectivity index is 1.42. The van der Waals surface area contributed by atoms with Gasteiger partial charge in [0.1, 0.15) is 11.6 Å². The summed E-state index contributed by atoms with van der Waals surface area (Å²) in [6.07, 6.45) is 1.39. The van der Waals surface area contributed by atoms with Gasteiger partial charge in [-0.15, -0.1) is 0 Å². The fraction of sp³-hybridized carbons (Fsp3) is 0.286. The number of hydrogen-bond donors (Lipinski definition) is 0. The van der Waals surface area contributed by atoms with Gasteiger partial charge in [-0.3, -0.25) is 4.79 Å². The number of aromatic nitrogens is 2.